The van der Waals surface area contributed by atoms with E-state index in [1.807, 2.05) is 31.2 Å². The Morgan fingerprint density at radius 2 is 1.97 bits per heavy atom. The molecule has 0 radical (unpaired) electrons. The van der Waals surface area contributed by atoms with Gasteiger partial charge in [-0.1, -0.05) is 35.0 Å². The van der Waals surface area contributed by atoms with Crippen molar-refractivity contribution in [2.24, 2.45) is 0 Å². The molecule has 1 aliphatic heterocycles. The molecule has 1 fully saturated rings. The summed E-state index contributed by atoms with van der Waals surface area (Å²) in [5.41, 5.74) is 0.998. The second-order valence-corrected chi connectivity index (χ2v) is 9.58. The zero-order valence-electron chi connectivity index (χ0n) is 16.8. The van der Waals surface area contributed by atoms with Crippen LogP contribution >= 0.6 is 15.9 Å². The van der Waals surface area contributed by atoms with Gasteiger partial charge in [-0.2, -0.15) is 4.31 Å². The normalized spacial score (nSPS) is 15.0. The molecule has 7 nitrogen and oxygen atoms in total. The summed E-state index contributed by atoms with van der Waals surface area (Å²) in [6.45, 7) is 3.87. The van der Waals surface area contributed by atoms with E-state index in [-0.39, 0.29) is 10.8 Å². The van der Waals surface area contributed by atoms with Crippen LogP contribution in [0.2, 0.25) is 0 Å². The van der Waals surface area contributed by atoms with Gasteiger partial charge in [0.1, 0.15) is 12.4 Å². The Kier molecular flexibility index (Phi) is 7.87. The third-order valence-electron chi connectivity index (χ3n) is 4.75. The fourth-order valence-electron chi connectivity index (χ4n) is 3.15. The molecule has 1 N–H and O–H groups in total. The number of nitrogens with one attached hydrogen (secondary N) is 1. The number of sulfonamides is 1. The van der Waals surface area contributed by atoms with Crippen molar-refractivity contribution in [2.75, 3.05) is 39.5 Å². The van der Waals surface area contributed by atoms with E-state index in [0.29, 0.717) is 62.8 Å². The van der Waals surface area contributed by atoms with E-state index in [1.54, 1.807) is 12.1 Å². The maximum atomic E-state index is 13.1. The molecule has 1 heterocycles. The number of morpholine rings is 1. The second kappa shape index (κ2) is 10.4. The lowest BCUT2D eigenvalue weighted by Crippen LogP contribution is -2.41. The molecular formula is C21H25BrN2O5S. The molecule has 0 unspecified atom stereocenters. The summed E-state index contributed by atoms with van der Waals surface area (Å²) >= 11 is 3.38. The number of rotatable bonds is 8. The van der Waals surface area contributed by atoms with Crippen molar-refractivity contribution in [1.29, 1.82) is 0 Å². The lowest BCUT2D eigenvalue weighted by Gasteiger charge is -2.27. The van der Waals surface area contributed by atoms with Crippen LogP contribution in [0.1, 0.15) is 22.8 Å². The third-order valence-corrected chi connectivity index (χ3v) is 7.22. The first-order valence-corrected chi connectivity index (χ1v) is 12.0. The van der Waals surface area contributed by atoms with Crippen molar-refractivity contribution in [2.45, 2.75) is 18.2 Å². The van der Waals surface area contributed by atoms with Gasteiger partial charge in [-0.25, -0.2) is 8.42 Å². The molecule has 1 amide bonds. The van der Waals surface area contributed by atoms with E-state index < -0.39 is 10.0 Å². The number of carbonyl (C=O) groups is 1. The van der Waals surface area contributed by atoms with Gasteiger partial charge in [0.05, 0.1) is 24.7 Å². The van der Waals surface area contributed by atoms with Crippen molar-refractivity contribution in [3.8, 4) is 5.75 Å². The van der Waals surface area contributed by atoms with E-state index in [0.717, 1.165) is 4.47 Å². The minimum Gasteiger partial charge on any atom is -0.492 e. The topological polar surface area (TPSA) is 84.9 Å². The molecule has 3 rings (SSSR count). The lowest BCUT2D eigenvalue weighted by molar-refractivity contribution is 0.0730. The van der Waals surface area contributed by atoms with Crippen molar-refractivity contribution in [3.05, 3.63) is 58.1 Å². The van der Waals surface area contributed by atoms with Crippen molar-refractivity contribution >= 4 is 31.9 Å². The minimum atomic E-state index is -3.68. The quantitative estimate of drug-likeness (QED) is 0.568. The lowest BCUT2D eigenvalue weighted by atomic mass is 10.1. The molecule has 2 aromatic carbocycles. The zero-order chi connectivity index (χ0) is 21.6. The highest BCUT2D eigenvalue weighted by Gasteiger charge is 2.29. The summed E-state index contributed by atoms with van der Waals surface area (Å²) in [4.78, 5) is 12.7. The number of amides is 1. The molecule has 162 valence electrons. The molecule has 0 aliphatic carbocycles. The molecule has 0 atom stereocenters. The number of ether oxygens (including phenoxy) is 2. The average molecular weight is 497 g/mol. The van der Waals surface area contributed by atoms with E-state index in [9.17, 15) is 13.2 Å². The van der Waals surface area contributed by atoms with Gasteiger partial charge in [0, 0.05) is 23.1 Å². The van der Waals surface area contributed by atoms with Gasteiger partial charge in [-0.05, 0) is 42.3 Å². The first-order valence-electron chi connectivity index (χ1n) is 9.79. The Bertz CT molecular complexity index is 991. The van der Waals surface area contributed by atoms with Crippen LogP contribution in [-0.4, -0.2) is 58.1 Å². The Morgan fingerprint density at radius 1 is 1.20 bits per heavy atom. The molecule has 30 heavy (non-hydrogen) atoms. The average Bonchev–Trinajstić information content (AvgIpc) is 2.76. The van der Waals surface area contributed by atoms with Crippen LogP contribution in [0.4, 0.5) is 0 Å². The van der Waals surface area contributed by atoms with Crippen molar-refractivity contribution in [1.82, 2.24) is 9.62 Å². The van der Waals surface area contributed by atoms with Crippen LogP contribution in [0.25, 0.3) is 0 Å². The van der Waals surface area contributed by atoms with Crippen LogP contribution in [0.15, 0.2) is 51.8 Å². The molecule has 1 saturated heterocycles. The van der Waals surface area contributed by atoms with Crippen LogP contribution in [-0.2, 0) is 21.2 Å². The molecule has 0 bridgehead atoms. The monoisotopic (exact) mass is 496 g/mol. The van der Waals surface area contributed by atoms with Crippen LogP contribution < -0.4 is 10.1 Å². The largest absolute Gasteiger partial charge is 0.492 e. The Labute approximate surface area is 185 Å². The molecule has 0 aromatic heterocycles. The predicted molar refractivity (Wildman–Crippen MR) is 117 cm³/mol. The number of carbonyl (C=O) groups excluding carboxylic acids is 1. The van der Waals surface area contributed by atoms with Crippen molar-refractivity contribution in [3.63, 3.8) is 0 Å². The fraction of sp³-hybridized carbons (Fsp3) is 0.381. The SMILES string of the molecule is CCc1ccc(C(=O)NCCOc2cccc(Br)c2)cc1S(=O)(=O)N1CCOCC1. The molecule has 2 aromatic rings. The van der Waals surface area contributed by atoms with Gasteiger partial charge in [0.2, 0.25) is 10.0 Å². The van der Waals surface area contributed by atoms with Crippen LogP contribution in [0, 0.1) is 0 Å². The first kappa shape index (κ1) is 22.7. The predicted octanol–water partition coefficient (Wildman–Crippen LogP) is 2.84. The second-order valence-electron chi connectivity index (χ2n) is 6.75. The van der Waals surface area contributed by atoms with Gasteiger partial charge in [0.25, 0.3) is 5.91 Å². The molecule has 0 spiro atoms. The number of hydrogen-bond acceptors (Lipinski definition) is 5. The van der Waals surface area contributed by atoms with E-state index in [2.05, 4.69) is 21.2 Å². The number of halogens is 1. The first-order chi connectivity index (χ1) is 14.4. The van der Waals surface area contributed by atoms with Gasteiger partial charge in [-0.15, -0.1) is 0 Å². The Balaban J connectivity index is 1.66. The molecule has 1 aliphatic rings. The molecule has 9 heteroatoms. The minimum absolute atomic E-state index is 0.185. The Hall–Kier alpha value is -1.94. The standard InChI is InChI=1S/C21H25BrN2O5S/c1-2-16-6-7-17(14-20(16)30(26,27)24-9-12-28-13-10-24)21(25)23-8-11-29-19-5-3-4-18(22)15-19/h3-7,14-15H,2,8-13H2,1H3,(H,23,25). The number of benzene rings is 2. The molecular weight excluding hydrogens is 472 g/mol. The third kappa shape index (κ3) is 5.60. The zero-order valence-corrected chi connectivity index (χ0v) is 19.2. The summed E-state index contributed by atoms with van der Waals surface area (Å²) < 4.78 is 39.4. The maximum absolute atomic E-state index is 13.1. The number of nitrogens with zero attached hydrogens (tertiary/aromatic N) is 1. The van der Waals surface area contributed by atoms with E-state index in [1.165, 1.54) is 10.4 Å². The summed E-state index contributed by atoms with van der Waals surface area (Å²) in [5, 5.41) is 2.78. The highest BCUT2D eigenvalue weighted by atomic mass is 79.9. The summed E-state index contributed by atoms with van der Waals surface area (Å²) in [6, 6.07) is 12.3. The van der Waals surface area contributed by atoms with Gasteiger partial charge in [-0.3, -0.25) is 4.79 Å². The highest BCUT2D eigenvalue weighted by Crippen LogP contribution is 2.23. The Morgan fingerprint density at radius 3 is 2.67 bits per heavy atom. The van der Waals surface area contributed by atoms with Gasteiger partial charge >= 0.3 is 0 Å². The summed E-state index contributed by atoms with van der Waals surface area (Å²) in [6.07, 6.45) is 0.557. The van der Waals surface area contributed by atoms with Gasteiger partial charge < -0.3 is 14.8 Å². The maximum Gasteiger partial charge on any atom is 0.251 e. The smallest absolute Gasteiger partial charge is 0.251 e. The summed E-state index contributed by atoms with van der Waals surface area (Å²) in [7, 11) is -3.68. The fourth-order valence-corrected chi connectivity index (χ4v) is 5.25. The summed E-state index contributed by atoms with van der Waals surface area (Å²) in [5.74, 6) is 0.360. The number of hydrogen-bond donors (Lipinski definition) is 1. The van der Waals surface area contributed by atoms with E-state index in [4.69, 9.17) is 9.47 Å². The van der Waals surface area contributed by atoms with Crippen LogP contribution in [0.3, 0.4) is 0 Å². The highest BCUT2D eigenvalue weighted by molar-refractivity contribution is 9.10. The van der Waals surface area contributed by atoms with Crippen molar-refractivity contribution < 1.29 is 22.7 Å². The molecule has 0 saturated carbocycles. The van der Waals surface area contributed by atoms with E-state index >= 15 is 0 Å². The van der Waals surface area contributed by atoms with Crippen LogP contribution in [0.5, 0.6) is 5.75 Å². The number of aryl methyl sites for hydroxylation is 1. The van der Waals surface area contributed by atoms with Gasteiger partial charge in [0.15, 0.2) is 0 Å².